The Morgan fingerprint density at radius 3 is 2.56 bits per heavy atom. The van der Waals surface area contributed by atoms with Gasteiger partial charge < -0.3 is 15.4 Å². The van der Waals surface area contributed by atoms with Crippen LogP contribution in [0.1, 0.15) is 18.5 Å². The lowest BCUT2D eigenvalue weighted by atomic mass is 9.93. The van der Waals surface area contributed by atoms with Crippen LogP contribution in [0.15, 0.2) is 84.1 Å². The highest BCUT2D eigenvalue weighted by Crippen LogP contribution is 2.42. The Morgan fingerprint density at radius 2 is 1.78 bits per heavy atom. The van der Waals surface area contributed by atoms with E-state index in [1.54, 1.807) is 31.4 Å². The largest absolute Gasteiger partial charge is 0.496 e. The molecule has 1 aliphatic rings. The van der Waals surface area contributed by atoms with Crippen LogP contribution >= 0.6 is 11.6 Å². The van der Waals surface area contributed by atoms with Crippen LogP contribution in [-0.4, -0.2) is 22.6 Å². The van der Waals surface area contributed by atoms with Crippen LogP contribution < -0.4 is 15.4 Å². The predicted octanol–water partition coefficient (Wildman–Crippen LogP) is 5.63. The van der Waals surface area contributed by atoms with Crippen molar-refractivity contribution in [2.45, 2.75) is 13.0 Å². The molecular formula is C25H21ClN4O2. The Balaban J connectivity index is 1.68. The van der Waals surface area contributed by atoms with Crippen molar-refractivity contribution in [1.82, 2.24) is 9.55 Å². The zero-order chi connectivity index (χ0) is 22.2. The van der Waals surface area contributed by atoms with Crippen molar-refractivity contribution in [3.05, 3.63) is 94.7 Å². The molecule has 6 nitrogen and oxygen atoms in total. The molecule has 160 valence electrons. The van der Waals surface area contributed by atoms with Crippen molar-refractivity contribution < 1.29 is 9.53 Å². The van der Waals surface area contributed by atoms with E-state index in [1.807, 2.05) is 55.5 Å². The molecule has 0 saturated carbocycles. The van der Waals surface area contributed by atoms with Gasteiger partial charge in [-0.1, -0.05) is 41.9 Å². The second-order valence-corrected chi connectivity index (χ2v) is 8.00. The lowest BCUT2D eigenvalue weighted by Crippen LogP contribution is -2.31. The zero-order valence-electron chi connectivity index (χ0n) is 17.6. The minimum atomic E-state index is -0.429. The summed E-state index contributed by atoms with van der Waals surface area (Å²) in [4.78, 5) is 18.4. The number of methoxy groups -OCH3 is 1. The van der Waals surface area contributed by atoms with Crippen molar-refractivity contribution >= 4 is 40.2 Å². The summed E-state index contributed by atoms with van der Waals surface area (Å²) in [7, 11) is 1.64. The third-order valence-corrected chi connectivity index (χ3v) is 5.86. The van der Waals surface area contributed by atoms with Gasteiger partial charge in [-0.3, -0.25) is 9.36 Å². The van der Waals surface area contributed by atoms with Crippen LogP contribution in [0, 0.1) is 0 Å². The average Bonchev–Trinajstić information content (AvgIpc) is 3.17. The van der Waals surface area contributed by atoms with Crippen LogP contribution in [-0.2, 0) is 4.79 Å². The predicted molar refractivity (Wildman–Crippen MR) is 127 cm³/mol. The van der Waals surface area contributed by atoms with E-state index in [0.29, 0.717) is 28.0 Å². The minimum Gasteiger partial charge on any atom is -0.496 e. The van der Waals surface area contributed by atoms with E-state index in [-0.39, 0.29) is 5.91 Å². The summed E-state index contributed by atoms with van der Waals surface area (Å²) in [5, 5.41) is 6.94. The van der Waals surface area contributed by atoms with E-state index in [2.05, 4.69) is 15.2 Å². The van der Waals surface area contributed by atoms with E-state index in [0.717, 1.165) is 22.3 Å². The van der Waals surface area contributed by atoms with Gasteiger partial charge in [0.2, 0.25) is 5.95 Å². The Hall–Kier alpha value is -3.77. The zero-order valence-corrected chi connectivity index (χ0v) is 18.4. The normalized spacial score (nSPS) is 15.3. The van der Waals surface area contributed by atoms with Crippen LogP contribution in [0.4, 0.5) is 11.6 Å². The van der Waals surface area contributed by atoms with Gasteiger partial charge in [0.15, 0.2) is 0 Å². The fourth-order valence-electron chi connectivity index (χ4n) is 4.18. The second-order valence-electron chi connectivity index (χ2n) is 7.56. The van der Waals surface area contributed by atoms with Gasteiger partial charge >= 0.3 is 0 Å². The maximum Gasteiger partial charge on any atom is 0.255 e. The smallest absolute Gasteiger partial charge is 0.255 e. The number of carbonyl (C=O) groups is 1. The summed E-state index contributed by atoms with van der Waals surface area (Å²) in [6.45, 7) is 1.89. The van der Waals surface area contributed by atoms with Crippen LogP contribution in [0.25, 0.3) is 11.0 Å². The standard InChI is InChI=1S/C25H21ClN4O2/c1-15-22(24(31)28-17-13-11-16(26)12-14-17)23(18-7-3-6-10-21(18)32-2)30-20-9-5-4-8-19(20)29-25(30)27-15/h3-14,23H,1-2H3,(H,27,29)(H,28,31)/t23-/m0/s1. The number of fused-ring (bicyclic) bond motifs is 3. The molecule has 0 aliphatic carbocycles. The Morgan fingerprint density at radius 1 is 1.06 bits per heavy atom. The number of para-hydroxylation sites is 3. The molecule has 1 aromatic heterocycles. The molecule has 0 saturated heterocycles. The number of nitrogens with zero attached hydrogens (tertiary/aromatic N) is 2. The van der Waals surface area contributed by atoms with Crippen molar-refractivity contribution in [2.24, 2.45) is 0 Å². The maximum atomic E-state index is 13.6. The number of imidazole rings is 1. The Bertz CT molecular complexity index is 1360. The molecule has 0 unspecified atom stereocenters. The summed E-state index contributed by atoms with van der Waals surface area (Å²) < 4.78 is 7.73. The molecule has 0 bridgehead atoms. The number of ether oxygens (including phenoxy) is 1. The monoisotopic (exact) mass is 444 g/mol. The van der Waals surface area contributed by atoms with Crippen molar-refractivity contribution in [3.8, 4) is 5.75 Å². The molecule has 32 heavy (non-hydrogen) atoms. The van der Waals surface area contributed by atoms with Crippen LogP contribution in [0.2, 0.25) is 5.02 Å². The summed E-state index contributed by atoms with van der Waals surface area (Å²) >= 11 is 6.00. The number of hydrogen-bond donors (Lipinski definition) is 2. The molecule has 3 aromatic carbocycles. The number of benzene rings is 3. The fraction of sp³-hybridized carbons (Fsp3) is 0.120. The van der Waals surface area contributed by atoms with Gasteiger partial charge in [0.05, 0.1) is 29.8 Å². The van der Waals surface area contributed by atoms with Crippen molar-refractivity contribution in [3.63, 3.8) is 0 Å². The highest BCUT2D eigenvalue weighted by molar-refractivity contribution is 6.30. The number of carbonyl (C=O) groups excluding carboxylic acids is 1. The van der Waals surface area contributed by atoms with E-state index in [1.165, 1.54) is 0 Å². The second kappa shape index (κ2) is 8.05. The van der Waals surface area contributed by atoms with Gasteiger partial charge in [0.25, 0.3) is 5.91 Å². The number of amides is 1. The number of anilines is 2. The molecule has 2 heterocycles. The number of aromatic nitrogens is 2. The Labute approximate surface area is 190 Å². The highest BCUT2D eigenvalue weighted by Gasteiger charge is 2.35. The molecule has 5 rings (SSSR count). The molecule has 7 heteroatoms. The van der Waals surface area contributed by atoms with Crippen LogP contribution in [0.5, 0.6) is 5.75 Å². The molecule has 0 spiro atoms. The lowest BCUT2D eigenvalue weighted by molar-refractivity contribution is -0.113. The molecular weight excluding hydrogens is 424 g/mol. The molecule has 0 fully saturated rings. The molecule has 1 atom stereocenters. The van der Waals surface area contributed by atoms with Crippen molar-refractivity contribution in [1.29, 1.82) is 0 Å². The highest BCUT2D eigenvalue weighted by atomic mass is 35.5. The average molecular weight is 445 g/mol. The number of rotatable bonds is 4. The van der Waals surface area contributed by atoms with Gasteiger partial charge in [-0.2, -0.15) is 0 Å². The first kappa shape index (κ1) is 20.2. The SMILES string of the molecule is COc1ccccc1[C@H]1C(C(=O)Nc2ccc(Cl)cc2)=C(C)Nc2nc3ccccc3n21. The number of nitrogens with one attached hydrogen (secondary N) is 2. The van der Waals surface area contributed by atoms with Gasteiger partial charge in [0.1, 0.15) is 5.75 Å². The van der Waals surface area contributed by atoms with Gasteiger partial charge in [0, 0.05) is 22.0 Å². The first-order chi connectivity index (χ1) is 15.6. The molecule has 1 amide bonds. The molecule has 2 N–H and O–H groups in total. The quantitative estimate of drug-likeness (QED) is 0.428. The third kappa shape index (κ3) is 3.39. The van der Waals surface area contributed by atoms with E-state index in [4.69, 9.17) is 21.3 Å². The van der Waals surface area contributed by atoms with Crippen LogP contribution in [0.3, 0.4) is 0 Å². The summed E-state index contributed by atoms with van der Waals surface area (Å²) in [6, 6.07) is 22.3. The van der Waals surface area contributed by atoms with Gasteiger partial charge in [-0.25, -0.2) is 4.98 Å². The van der Waals surface area contributed by atoms with E-state index in [9.17, 15) is 4.79 Å². The molecule has 0 radical (unpaired) electrons. The maximum absolute atomic E-state index is 13.6. The van der Waals surface area contributed by atoms with E-state index >= 15 is 0 Å². The van der Waals surface area contributed by atoms with Gasteiger partial charge in [-0.15, -0.1) is 0 Å². The number of allylic oxidation sites excluding steroid dienone is 1. The topological polar surface area (TPSA) is 68.2 Å². The fourth-order valence-corrected chi connectivity index (χ4v) is 4.30. The molecule has 1 aliphatic heterocycles. The van der Waals surface area contributed by atoms with Gasteiger partial charge in [-0.05, 0) is 49.4 Å². The number of halogens is 1. The lowest BCUT2D eigenvalue weighted by Gasteiger charge is -2.31. The molecule has 4 aromatic rings. The third-order valence-electron chi connectivity index (χ3n) is 5.61. The first-order valence-electron chi connectivity index (χ1n) is 10.2. The minimum absolute atomic E-state index is 0.211. The summed E-state index contributed by atoms with van der Waals surface area (Å²) in [5.74, 6) is 1.17. The van der Waals surface area contributed by atoms with Crippen molar-refractivity contribution in [2.75, 3.05) is 17.7 Å². The first-order valence-corrected chi connectivity index (χ1v) is 10.6. The number of hydrogen-bond acceptors (Lipinski definition) is 4. The van der Waals surface area contributed by atoms with E-state index < -0.39 is 6.04 Å². The summed E-state index contributed by atoms with van der Waals surface area (Å²) in [5.41, 5.74) is 4.63. The Kier molecular flexibility index (Phi) is 5.07. The summed E-state index contributed by atoms with van der Waals surface area (Å²) in [6.07, 6.45) is 0.